The number of carboxylic acids is 1. The number of hydrogen-bond donors (Lipinski definition) is 1. The normalized spacial score (nSPS) is 18.0. The minimum atomic E-state index is -1.11. The number of carbonyl (C=O) groups excluding carboxylic acids is 2. The SMILES string of the molecule is CC(C)(C)[C@H]1N(CC(=O)O)C(=O)CN1C(=O)OCc1ccccc1. The van der Waals surface area contributed by atoms with Gasteiger partial charge in [0.1, 0.15) is 25.9 Å². The Morgan fingerprint density at radius 3 is 2.42 bits per heavy atom. The van der Waals surface area contributed by atoms with Crippen LogP contribution in [0.1, 0.15) is 26.3 Å². The van der Waals surface area contributed by atoms with Crippen LogP contribution in [0, 0.1) is 5.41 Å². The third-order valence-corrected chi connectivity index (χ3v) is 3.74. The largest absolute Gasteiger partial charge is 0.480 e. The minimum Gasteiger partial charge on any atom is -0.480 e. The third kappa shape index (κ3) is 4.04. The fourth-order valence-corrected chi connectivity index (χ4v) is 2.85. The third-order valence-electron chi connectivity index (χ3n) is 3.74. The maximum absolute atomic E-state index is 12.4. The van der Waals surface area contributed by atoms with Crippen LogP contribution in [0.3, 0.4) is 0 Å². The molecular weight excluding hydrogens is 312 g/mol. The van der Waals surface area contributed by atoms with Crippen molar-refractivity contribution in [3.05, 3.63) is 35.9 Å². The van der Waals surface area contributed by atoms with Crippen molar-refractivity contribution in [3.63, 3.8) is 0 Å². The lowest BCUT2D eigenvalue weighted by Gasteiger charge is -2.38. The fraction of sp³-hybridized carbons (Fsp3) is 0.471. The second kappa shape index (κ2) is 6.90. The number of nitrogens with zero attached hydrogens (tertiary/aromatic N) is 2. The van der Waals surface area contributed by atoms with Gasteiger partial charge in [-0.3, -0.25) is 14.5 Å². The maximum atomic E-state index is 12.4. The molecule has 1 aromatic rings. The van der Waals surface area contributed by atoms with Crippen molar-refractivity contribution in [3.8, 4) is 0 Å². The van der Waals surface area contributed by atoms with E-state index in [4.69, 9.17) is 9.84 Å². The van der Waals surface area contributed by atoms with Crippen LogP contribution in [0.5, 0.6) is 0 Å². The maximum Gasteiger partial charge on any atom is 0.412 e. The number of carbonyl (C=O) groups is 3. The molecule has 1 aliphatic rings. The molecule has 1 saturated heterocycles. The summed E-state index contributed by atoms with van der Waals surface area (Å²) in [6, 6.07) is 9.22. The average molecular weight is 334 g/mol. The fourth-order valence-electron chi connectivity index (χ4n) is 2.85. The highest BCUT2D eigenvalue weighted by Crippen LogP contribution is 2.32. The van der Waals surface area contributed by atoms with Crippen molar-refractivity contribution >= 4 is 18.0 Å². The van der Waals surface area contributed by atoms with Gasteiger partial charge in [0.05, 0.1) is 0 Å². The number of carboxylic acid groups (broad SMARTS) is 1. The highest BCUT2D eigenvalue weighted by Gasteiger charge is 2.47. The molecule has 1 aromatic carbocycles. The van der Waals surface area contributed by atoms with Crippen LogP contribution < -0.4 is 0 Å². The van der Waals surface area contributed by atoms with Gasteiger partial charge in [0.2, 0.25) is 5.91 Å². The smallest absolute Gasteiger partial charge is 0.412 e. The summed E-state index contributed by atoms with van der Waals surface area (Å²) in [7, 11) is 0. The molecule has 7 heteroatoms. The molecule has 0 unspecified atom stereocenters. The Morgan fingerprint density at radius 1 is 1.25 bits per heavy atom. The van der Waals surface area contributed by atoms with Crippen LogP contribution in [-0.2, 0) is 20.9 Å². The standard InChI is InChI=1S/C17H22N2O5/c1-17(2,3)15-18(10-14(21)22)13(20)9-19(15)16(23)24-11-12-7-5-4-6-8-12/h4-8,15H,9-11H2,1-3H3,(H,21,22)/t15-/m0/s1. The zero-order valence-corrected chi connectivity index (χ0v) is 14.1. The molecule has 0 spiro atoms. The van der Waals surface area contributed by atoms with E-state index in [1.54, 1.807) is 0 Å². The highest BCUT2D eigenvalue weighted by atomic mass is 16.6. The van der Waals surface area contributed by atoms with E-state index in [-0.39, 0.29) is 13.2 Å². The number of aliphatic carboxylic acids is 1. The van der Waals surface area contributed by atoms with Gasteiger partial charge in [0.25, 0.3) is 0 Å². The zero-order valence-electron chi connectivity index (χ0n) is 14.1. The van der Waals surface area contributed by atoms with Gasteiger partial charge in [-0.05, 0) is 5.56 Å². The van der Waals surface area contributed by atoms with Gasteiger partial charge < -0.3 is 14.7 Å². The second-order valence-corrected chi connectivity index (χ2v) is 6.82. The Kier molecular flexibility index (Phi) is 5.11. The summed E-state index contributed by atoms with van der Waals surface area (Å²) in [4.78, 5) is 38.1. The summed E-state index contributed by atoms with van der Waals surface area (Å²) in [5.74, 6) is -1.51. The summed E-state index contributed by atoms with van der Waals surface area (Å²) in [6.45, 7) is 5.03. The molecule has 0 aliphatic carbocycles. The van der Waals surface area contributed by atoms with Gasteiger partial charge in [-0.15, -0.1) is 0 Å². The predicted molar refractivity (Wildman–Crippen MR) is 85.9 cm³/mol. The summed E-state index contributed by atoms with van der Waals surface area (Å²) in [6.07, 6.45) is -1.29. The van der Waals surface area contributed by atoms with Gasteiger partial charge in [-0.25, -0.2) is 4.79 Å². The van der Waals surface area contributed by atoms with E-state index in [0.29, 0.717) is 0 Å². The molecule has 1 N–H and O–H groups in total. The summed E-state index contributed by atoms with van der Waals surface area (Å²) in [5.41, 5.74) is 0.332. The second-order valence-electron chi connectivity index (χ2n) is 6.82. The topological polar surface area (TPSA) is 87.2 Å². The molecule has 2 amide bonds. The first-order valence-corrected chi connectivity index (χ1v) is 7.68. The van der Waals surface area contributed by atoms with Gasteiger partial charge in [0, 0.05) is 5.41 Å². The molecule has 1 atom stereocenters. The van der Waals surface area contributed by atoms with E-state index >= 15 is 0 Å². The molecule has 0 aromatic heterocycles. The van der Waals surface area contributed by atoms with Crippen molar-refractivity contribution in [1.29, 1.82) is 0 Å². The lowest BCUT2D eigenvalue weighted by Crippen LogP contribution is -2.51. The number of hydrogen-bond acceptors (Lipinski definition) is 4. The zero-order chi connectivity index (χ0) is 17.9. The van der Waals surface area contributed by atoms with Crippen LogP contribution in [0.25, 0.3) is 0 Å². The van der Waals surface area contributed by atoms with Crippen LogP contribution in [0.2, 0.25) is 0 Å². The number of amides is 2. The summed E-state index contributed by atoms with van der Waals surface area (Å²) < 4.78 is 5.30. The van der Waals surface area contributed by atoms with E-state index in [2.05, 4.69) is 0 Å². The molecule has 0 bridgehead atoms. The molecule has 1 heterocycles. The molecule has 1 fully saturated rings. The Hall–Kier alpha value is -2.57. The predicted octanol–water partition coefficient (Wildman–Crippen LogP) is 1.92. The van der Waals surface area contributed by atoms with Gasteiger partial charge >= 0.3 is 12.1 Å². The first-order chi connectivity index (χ1) is 11.2. The molecule has 0 radical (unpaired) electrons. The Labute approximate surface area is 140 Å². The average Bonchev–Trinajstić information content (AvgIpc) is 2.82. The monoisotopic (exact) mass is 334 g/mol. The summed E-state index contributed by atoms with van der Waals surface area (Å²) in [5, 5.41) is 9.02. The number of benzene rings is 1. The van der Waals surface area contributed by atoms with E-state index in [1.165, 1.54) is 9.80 Å². The van der Waals surface area contributed by atoms with Crippen molar-refractivity contribution in [2.75, 3.05) is 13.1 Å². The Bertz CT molecular complexity index is 624. The van der Waals surface area contributed by atoms with Crippen LogP contribution in [-0.4, -0.2) is 52.1 Å². The van der Waals surface area contributed by atoms with Crippen molar-refractivity contribution in [2.45, 2.75) is 33.5 Å². The Morgan fingerprint density at radius 2 is 1.88 bits per heavy atom. The minimum absolute atomic E-state index is 0.0974. The lowest BCUT2D eigenvalue weighted by atomic mass is 9.91. The van der Waals surface area contributed by atoms with E-state index < -0.39 is 36.1 Å². The molecule has 1 aliphatic heterocycles. The Balaban J connectivity index is 2.13. The van der Waals surface area contributed by atoms with E-state index in [1.807, 2.05) is 51.1 Å². The molecule has 2 rings (SSSR count). The molecular formula is C17H22N2O5. The lowest BCUT2D eigenvalue weighted by molar-refractivity contribution is -0.145. The first-order valence-electron chi connectivity index (χ1n) is 7.68. The van der Waals surface area contributed by atoms with Crippen LogP contribution in [0.15, 0.2) is 30.3 Å². The van der Waals surface area contributed by atoms with Crippen molar-refractivity contribution < 1.29 is 24.2 Å². The highest BCUT2D eigenvalue weighted by molar-refractivity contribution is 5.88. The van der Waals surface area contributed by atoms with Crippen LogP contribution in [0.4, 0.5) is 4.79 Å². The van der Waals surface area contributed by atoms with Gasteiger partial charge in [0.15, 0.2) is 0 Å². The van der Waals surface area contributed by atoms with Gasteiger partial charge in [-0.2, -0.15) is 0 Å². The van der Waals surface area contributed by atoms with E-state index in [9.17, 15) is 14.4 Å². The molecule has 7 nitrogen and oxygen atoms in total. The van der Waals surface area contributed by atoms with Crippen LogP contribution >= 0.6 is 0 Å². The quantitative estimate of drug-likeness (QED) is 0.909. The molecule has 24 heavy (non-hydrogen) atoms. The van der Waals surface area contributed by atoms with Crippen molar-refractivity contribution in [1.82, 2.24) is 9.80 Å². The first kappa shape index (κ1) is 17.8. The number of ether oxygens (including phenoxy) is 1. The van der Waals surface area contributed by atoms with E-state index in [0.717, 1.165) is 5.56 Å². The van der Waals surface area contributed by atoms with Gasteiger partial charge in [-0.1, -0.05) is 51.1 Å². The molecule has 130 valence electrons. The van der Waals surface area contributed by atoms with Crippen molar-refractivity contribution in [2.24, 2.45) is 5.41 Å². The summed E-state index contributed by atoms with van der Waals surface area (Å²) >= 11 is 0. The number of rotatable bonds is 4. The molecule has 0 saturated carbocycles.